The molecule has 0 fully saturated rings. The van der Waals surface area contributed by atoms with Crippen molar-refractivity contribution in [3.8, 4) is 11.4 Å². The van der Waals surface area contributed by atoms with Gasteiger partial charge in [-0.15, -0.1) is 0 Å². The molecule has 0 spiro atoms. The first kappa shape index (κ1) is 15.8. The molecule has 3 rings (SSSR count). The summed E-state index contributed by atoms with van der Waals surface area (Å²) in [5.74, 6) is 1.03. The lowest BCUT2D eigenvalue weighted by Gasteiger charge is -2.09. The Morgan fingerprint density at radius 1 is 0.958 bits per heavy atom. The summed E-state index contributed by atoms with van der Waals surface area (Å²) in [4.78, 5) is 9.09. The van der Waals surface area contributed by atoms with Crippen LogP contribution >= 0.6 is 0 Å². The highest BCUT2D eigenvalue weighted by Gasteiger charge is 2.08. The Morgan fingerprint density at radius 3 is 2.38 bits per heavy atom. The molecule has 1 heterocycles. The van der Waals surface area contributed by atoms with Gasteiger partial charge in [0, 0.05) is 16.8 Å². The van der Waals surface area contributed by atoms with Gasteiger partial charge in [0.05, 0.1) is 6.21 Å². The first-order valence-electron chi connectivity index (χ1n) is 7.59. The highest BCUT2D eigenvalue weighted by atomic mass is 19.1. The van der Waals surface area contributed by atoms with E-state index in [1.54, 1.807) is 18.3 Å². The maximum Gasteiger partial charge on any atom is 0.161 e. The zero-order valence-corrected chi connectivity index (χ0v) is 13.5. The number of benzene rings is 2. The van der Waals surface area contributed by atoms with Crippen molar-refractivity contribution in [2.75, 3.05) is 5.43 Å². The Morgan fingerprint density at radius 2 is 1.67 bits per heavy atom. The predicted molar refractivity (Wildman–Crippen MR) is 94.6 cm³/mol. The van der Waals surface area contributed by atoms with E-state index < -0.39 is 0 Å². The Labute approximate surface area is 140 Å². The third-order valence-electron chi connectivity index (χ3n) is 3.68. The van der Waals surface area contributed by atoms with E-state index in [2.05, 4.69) is 20.5 Å². The van der Waals surface area contributed by atoms with Crippen LogP contribution in [0.4, 0.5) is 10.2 Å². The number of hydrogen-bond acceptors (Lipinski definition) is 4. The maximum absolute atomic E-state index is 12.9. The standard InChI is InChI=1S/C19H17FN4/c1-13-14(2)22-19(16-6-4-3-5-7-16)23-18(13)24-21-12-15-8-10-17(20)11-9-15/h3-12H,1-2H3,(H,22,23,24)/b21-12+. The average Bonchev–Trinajstić information content (AvgIpc) is 2.61. The quantitative estimate of drug-likeness (QED) is 0.574. The number of aryl methyl sites for hydroxylation is 1. The van der Waals surface area contributed by atoms with Crippen molar-refractivity contribution in [1.82, 2.24) is 9.97 Å². The van der Waals surface area contributed by atoms with E-state index in [1.165, 1.54) is 12.1 Å². The summed E-state index contributed by atoms with van der Waals surface area (Å²) in [6, 6.07) is 15.9. The number of rotatable bonds is 4. The van der Waals surface area contributed by atoms with Crippen molar-refractivity contribution in [1.29, 1.82) is 0 Å². The number of nitrogens with one attached hydrogen (secondary N) is 1. The van der Waals surface area contributed by atoms with E-state index in [0.29, 0.717) is 11.6 Å². The van der Waals surface area contributed by atoms with Gasteiger partial charge in [-0.3, -0.25) is 5.43 Å². The number of halogens is 1. The summed E-state index contributed by atoms with van der Waals surface area (Å²) >= 11 is 0. The fraction of sp³-hybridized carbons (Fsp3) is 0.105. The minimum atomic E-state index is -0.269. The monoisotopic (exact) mass is 320 g/mol. The fourth-order valence-corrected chi connectivity index (χ4v) is 2.17. The van der Waals surface area contributed by atoms with Crippen molar-refractivity contribution in [2.45, 2.75) is 13.8 Å². The summed E-state index contributed by atoms with van der Waals surface area (Å²) in [5.41, 5.74) is 6.53. The molecule has 5 heteroatoms. The van der Waals surface area contributed by atoms with E-state index in [0.717, 1.165) is 22.4 Å². The molecular weight excluding hydrogens is 303 g/mol. The average molecular weight is 320 g/mol. The van der Waals surface area contributed by atoms with E-state index >= 15 is 0 Å². The lowest BCUT2D eigenvalue weighted by Crippen LogP contribution is -2.03. The predicted octanol–water partition coefficient (Wildman–Crippen LogP) is 4.35. The van der Waals surface area contributed by atoms with Gasteiger partial charge in [-0.25, -0.2) is 14.4 Å². The highest BCUT2D eigenvalue weighted by molar-refractivity contribution is 5.80. The van der Waals surface area contributed by atoms with Crippen LogP contribution in [0.25, 0.3) is 11.4 Å². The fourth-order valence-electron chi connectivity index (χ4n) is 2.17. The molecule has 4 nitrogen and oxygen atoms in total. The zero-order chi connectivity index (χ0) is 16.9. The molecule has 0 saturated heterocycles. The van der Waals surface area contributed by atoms with Gasteiger partial charge in [0.2, 0.25) is 0 Å². The second-order valence-corrected chi connectivity index (χ2v) is 5.39. The number of anilines is 1. The summed E-state index contributed by atoms with van der Waals surface area (Å²) in [6.07, 6.45) is 1.62. The Hall–Kier alpha value is -3.08. The van der Waals surface area contributed by atoms with Crippen molar-refractivity contribution in [3.63, 3.8) is 0 Å². The molecule has 0 aliphatic rings. The number of hydrogen-bond donors (Lipinski definition) is 1. The van der Waals surface area contributed by atoms with Crippen molar-refractivity contribution in [3.05, 3.63) is 77.2 Å². The number of aromatic nitrogens is 2. The molecule has 0 unspecified atom stereocenters. The summed E-state index contributed by atoms with van der Waals surface area (Å²) < 4.78 is 12.9. The van der Waals surface area contributed by atoms with E-state index in [9.17, 15) is 4.39 Å². The van der Waals surface area contributed by atoms with E-state index in [4.69, 9.17) is 0 Å². The van der Waals surface area contributed by atoms with Gasteiger partial charge < -0.3 is 0 Å². The molecule has 0 radical (unpaired) electrons. The third kappa shape index (κ3) is 3.63. The van der Waals surface area contributed by atoms with E-state index in [1.807, 2.05) is 44.2 Å². The first-order valence-corrected chi connectivity index (χ1v) is 7.59. The van der Waals surface area contributed by atoms with Gasteiger partial charge >= 0.3 is 0 Å². The van der Waals surface area contributed by atoms with Crippen LogP contribution in [0, 0.1) is 19.7 Å². The molecule has 0 saturated carbocycles. The number of nitrogens with zero attached hydrogens (tertiary/aromatic N) is 3. The first-order chi connectivity index (χ1) is 11.6. The Kier molecular flexibility index (Phi) is 4.61. The zero-order valence-electron chi connectivity index (χ0n) is 13.5. The molecule has 0 amide bonds. The van der Waals surface area contributed by atoms with Crippen LogP contribution in [0.5, 0.6) is 0 Å². The van der Waals surface area contributed by atoms with Gasteiger partial charge in [-0.2, -0.15) is 5.10 Å². The topological polar surface area (TPSA) is 50.2 Å². The summed E-state index contributed by atoms with van der Waals surface area (Å²) in [7, 11) is 0. The lowest BCUT2D eigenvalue weighted by atomic mass is 10.2. The molecular formula is C19H17FN4. The Balaban J connectivity index is 1.85. The van der Waals surface area contributed by atoms with E-state index in [-0.39, 0.29) is 5.82 Å². The van der Waals surface area contributed by atoms with Crippen LogP contribution in [0.2, 0.25) is 0 Å². The molecule has 0 aliphatic carbocycles. The molecule has 1 aromatic heterocycles. The maximum atomic E-state index is 12.9. The van der Waals surface area contributed by atoms with Gasteiger partial charge in [-0.05, 0) is 31.5 Å². The molecule has 0 bridgehead atoms. The molecule has 120 valence electrons. The van der Waals surface area contributed by atoms with Crippen LogP contribution in [-0.4, -0.2) is 16.2 Å². The Bertz CT molecular complexity index is 859. The van der Waals surface area contributed by atoms with Crippen LogP contribution in [0.1, 0.15) is 16.8 Å². The van der Waals surface area contributed by atoms with Crippen LogP contribution in [0.3, 0.4) is 0 Å². The molecule has 0 aliphatic heterocycles. The van der Waals surface area contributed by atoms with Crippen molar-refractivity contribution >= 4 is 12.0 Å². The summed E-state index contributed by atoms with van der Waals surface area (Å²) in [6.45, 7) is 3.89. The molecule has 3 aromatic rings. The van der Waals surface area contributed by atoms with Gasteiger partial charge in [0.25, 0.3) is 0 Å². The van der Waals surface area contributed by atoms with Gasteiger partial charge in [0.1, 0.15) is 5.82 Å². The molecule has 1 N–H and O–H groups in total. The third-order valence-corrected chi connectivity index (χ3v) is 3.68. The molecule has 24 heavy (non-hydrogen) atoms. The normalized spacial score (nSPS) is 11.0. The minimum absolute atomic E-state index is 0.269. The minimum Gasteiger partial charge on any atom is -0.261 e. The van der Waals surface area contributed by atoms with Crippen molar-refractivity contribution in [2.24, 2.45) is 5.10 Å². The largest absolute Gasteiger partial charge is 0.261 e. The lowest BCUT2D eigenvalue weighted by molar-refractivity contribution is 0.628. The molecule has 0 atom stereocenters. The van der Waals surface area contributed by atoms with Gasteiger partial charge in [-0.1, -0.05) is 42.5 Å². The van der Waals surface area contributed by atoms with Crippen LogP contribution in [0.15, 0.2) is 59.7 Å². The highest BCUT2D eigenvalue weighted by Crippen LogP contribution is 2.21. The second kappa shape index (κ2) is 7.00. The SMILES string of the molecule is Cc1nc(-c2ccccc2)nc(N/N=C/c2ccc(F)cc2)c1C. The van der Waals surface area contributed by atoms with Crippen LogP contribution in [-0.2, 0) is 0 Å². The second-order valence-electron chi connectivity index (χ2n) is 5.39. The smallest absolute Gasteiger partial charge is 0.161 e. The number of hydrazone groups is 1. The van der Waals surface area contributed by atoms with Crippen molar-refractivity contribution < 1.29 is 4.39 Å². The summed E-state index contributed by atoms with van der Waals surface area (Å²) in [5, 5.41) is 4.19. The van der Waals surface area contributed by atoms with Gasteiger partial charge in [0.15, 0.2) is 11.6 Å². The van der Waals surface area contributed by atoms with Crippen LogP contribution < -0.4 is 5.43 Å². The molecule has 2 aromatic carbocycles.